The van der Waals surface area contributed by atoms with Crippen LogP contribution in [0.5, 0.6) is 0 Å². The highest BCUT2D eigenvalue weighted by molar-refractivity contribution is 4.91. The Balaban J connectivity index is 1.79. The van der Waals surface area contributed by atoms with Crippen molar-refractivity contribution in [1.29, 1.82) is 0 Å². The monoisotopic (exact) mass is 240 g/mol. The van der Waals surface area contributed by atoms with Crippen molar-refractivity contribution >= 4 is 0 Å². The van der Waals surface area contributed by atoms with E-state index in [4.69, 9.17) is 4.74 Å². The molecule has 2 unspecified atom stereocenters. The van der Waals surface area contributed by atoms with Gasteiger partial charge in [0, 0.05) is 25.8 Å². The Morgan fingerprint density at radius 1 is 1.18 bits per heavy atom. The summed E-state index contributed by atoms with van der Waals surface area (Å²) in [7, 11) is 1.82. The standard InChI is InChI=1S/C14H28N2O/c1-3-15-13-5-4-6-14(13)16-9-7-12(8-10-16)11-17-2/h12-15H,3-11H2,1-2H3. The number of nitrogens with zero attached hydrogens (tertiary/aromatic N) is 1. The molecule has 0 radical (unpaired) electrons. The summed E-state index contributed by atoms with van der Waals surface area (Å²) in [4.78, 5) is 2.73. The summed E-state index contributed by atoms with van der Waals surface area (Å²) >= 11 is 0. The Morgan fingerprint density at radius 2 is 1.94 bits per heavy atom. The van der Waals surface area contributed by atoms with Gasteiger partial charge in [0.25, 0.3) is 0 Å². The molecule has 2 rings (SSSR count). The minimum atomic E-state index is 0.749. The number of hydrogen-bond acceptors (Lipinski definition) is 3. The first-order valence-electron chi connectivity index (χ1n) is 7.31. The minimum absolute atomic E-state index is 0.749. The highest BCUT2D eigenvalue weighted by Crippen LogP contribution is 2.28. The molecule has 1 saturated heterocycles. The van der Waals surface area contributed by atoms with E-state index in [2.05, 4.69) is 17.1 Å². The fraction of sp³-hybridized carbons (Fsp3) is 1.00. The minimum Gasteiger partial charge on any atom is -0.384 e. The van der Waals surface area contributed by atoms with Gasteiger partial charge in [0.15, 0.2) is 0 Å². The van der Waals surface area contributed by atoms with Crippen molar-refractivity contribution in [3.05, 3.63) is 0 Å². The summed E-state index contributed by atoms with van der Waals surface area (Å²) in [5.41, 5.74) is 0. The zero-order valence-electron chi connectivity index (χ0n) is 11.5. The molecule has 3 nitrogen and oxygen atoms in total. The van der Waals surface area contributed by atoms with E-state index in [1.165, 1.54) is 45.2 Å². The first-order valence-corrected chi connectivity index (χ1v) is 7.31. The molecular formula is C14H28N2O. The topological polar surface area (TPSA) is 24.5 Å². The predicted octanol–water partition coefficient (Wildman–Crippen LogP) is 1.88. The van der Waals surface area contributed by atoms with Crippen molar-refractivity contribution in [3.8, 4) is 0 Å². The van der Waals surface area contributed by atoms with Crippen LogP contribution in [0.2, 0.25) is 0 Å². The van der Waals surface area contributed by atoms with Gasteiger partial charge in [0.1, 0.15) is 0 Å². The average molecular weight is 240 g/mol. The zero-order chi connectivity index (χ0) is 12.1. The van der Waals surface area contributed by atoms with Gasteiger partial charge in [-0.25, -0.2) is 0 Å². The van der Waals surface area contributed by atoms with Gasteiger partial charge in [-0.1, -0.05) is 13.3 Å². The molecule has 3 heteroatoms. The molecular weight excluding hydrogens is 212 g/mol. The van der Waals surface area contributed by atoms with Crippen LogP contribution in [0.1, 0.15) is 39.0 Å². The van der Waals surface area contributed by atoms with Crippen molar-refractivity contribution in [2.45, 2.75) is 51.1 Å². The lowest BCUT2D eigenvalue weighted by atomic mass is 9.95. The van der Waals surface area contributed by atoms with E-state index in [0.29, 0.717) is 0 Å². The fourth-order valence-electron chi connectivity index (χ4n) is 3.56. The third kappa shape index (κ3) is 3.43. The van der Waals surface area contributed by atoms with Gasteiger partial charge in [0.05, 0.1) is 0 Å². The summed E-state index contributed by atoms with van der Waals surface area (Å²) in [6.07, 6.45) is 6.82. The van der Waals surface area contributed by atoms with Crippen LogP contribution in [0.3, 0.4) is 0 Å². The van der Waals surface area contributed by atoms with Gasteiger partial charge in [-0.15, -0.1) is 0 Å². The Kier molecular flexibility index (Phi) is 5.26. The van der Waals surface area contributed by atoms with Gasteiger partial charge >= 0.3 is 0 Å². The summed E-state index contributed by atoms with van der Waals surface area (Å²) in [6, 6.07) is 1.55. The molecule has 0 amide bonds. The molecule has 2 aliphatic rings. The van der Waals surface area contributed by atoms with Crippen LogP contribution in [0, 0.1) is 5.92 Å². The summed E-state index contributed by atoms with van der Waals surface area (Å²) < 4.78 is 5.27. The number of piperidine rings is 1. The maximum atomic E-state index is 5.27. The van der Waals surface area contributed by atoms with Crippen LogP contribution in [-0.4, -0.2) is 50.3 Å². The van der Waals surface area contributed by atoms with Crippen LogP contribution >= 0.6 is 0 Å². The molecule has 2 fully saturated rings. The third-order valence-corrected chi connectivity index (χ3v) is 4.47. The van der Waals surface area contributed by atoms with Gasteiger partial charge < -0.3 is 10.1 Å². The van der Waals surface area contributed by atoms with Gasteiger partial charge in [-0.2, -0.15) is 0 Å². The van der Waals surface area contributed by atoms with Crippen LogP contribution in [0.15, 0.2) is 0 Å². The first-order chi connectivity index (χ1) is 8.35. The van der Waals surface area contributed by atoms with Crippen LogP contribution in [-0.2, 0) is 4.74 Å². The summed E-state index contributed by atoms with van der Waals surface area (Å²) in [5, 5.41) is 3.66. The Hall–Kier alpha value is -0.120. The van der Waals surface area contributed by atoms with Crippen molar-refractivity contribution in [2.75, 3.05) is 33.4 Å². The van der Waals surface area contributed by atoms with Crippen molar-refractivity contribution in [3.63, 3.8) is 0 Å². The number of methoxy groups -OCH3 is 1. The largest absolute Gasteiger partial charge is 0.384 e. The van der Waals surface area contributed by atoms with Crippen LogP contribution < -0.4 is 5.32 Å². The molecule has 1 heterocycles. The second-order valence-electron chi connectivity index (χ2n) is 5.60. The van der Waals surface area contributed by atoms with E-state index < -0.39 is 0 Å². The smallest absolute Gasteiger partial charge is 0.0491 e. The quantitative estimate of drug-likeness (QED) is 0.794. The van der Waals surface area contributed by atoms with Gasteiger partial charge in [-0.05, 0) is 51.2 Å². The highest BCUT2D eigenvalue weighted by atomic mass is 16.5. The van der Waals surface area contributed by atoms with E-state index in [-0.39, 0.29) is 0 Å². The molecule has 0 aromatic carbocycles. The maximum absolute atomic E-state index is 5.27. The molecule has 17 heavy (non-hydrogen) atoms. The number of likely N-dealkylation sites (tertiary alicyclic amines) is 1. The number of ether oxygens (including phenoxy) is 1. The molecule has 0 bridgehead atoms. The second kappa shape index (κ2) is 6.72. The molecule has 1 aliphatic carbocycles. The lowest BCUT2D eigenvalue weighted by molar-refractivity contribution is 0.0739. The van der Waals surface area contributed by atoms with Crippen LogP contribution in [0.25, 0.3) is 0 Å². The van der Waals surface area contributed by atoms with E-state index in [0.717, 1.165) is 31.2 Å². The zero-order valence-corrected chi connectivity index (χ0v) is 11.5. The Labute approximate surface area is 106 Å². The highest BCUT2D eigenvalue weighted by Gasteiger charge is 2.33. The molecule has 1 saturated carbocycles. The molecule has 1 N–H and O–H groups in total. The third-order valence-electron chi connectivity index (χ3n) is 4.47. The lowest BCUT2D eigenvalue weighted by Crippen LogP contribution is -2.49. The van der Waals surface area contributed by atoms with Gasteiger partial charge in [-0.3, -0.25) is 4.90 Å². The Morgan fingerprint density at radius 3 is 2.59 bits per heavy atom. The predicted molar refractivity (Wildman–Crippen MR) is 71.3 cm³/mol. The molecule has 0 aromatic rings. The second-order valence-corrected chi connectivity index (χ2v) is 5.60. The van der Waals surface area contributed by atoms with E-state index in [9.17, 15) is 0 Å². The Bertz CT molecular complexity index is 214. The molecule has 0 aromatic heterocycles. The fourth-order valence-corrected chi connectivity index (χ4v) is 3.56. The van der Waals surface area contributed by atoms with E-state index in [1.54, 1.807) is 0 Å². The number of hydrogen-bond donors (Lipinski definition) is 1. The maximum Gasteiger partial charge on any atom is 0.0491 e. The van der Waals surface area contributed by atoms with E-state index >= 15 is 0 Å². The van der Waals surface area contributed by atoms with Gasteiger partial charge in [0.2, 0.25) is 0 Å². The van der Waals surface area contributed by atoms with E-state index in [1.807, 2.05) is 7.11 Å². The summed E-state index contributed by atoms with van der Waals surface area (Å²) in [5.74, 6) is 0.801. The molecule has 2 atom stereocenters. The number of nitrogens with one attached hydrogen (secondary N) is 1. The SMILES string of the molecule is CCNC1CCCC1N1CCC(COC)CC1. The number of likely N-dealkylation sites (N-methyl/N-ethyl adjacent to an activating group) is 1. The first kappa shape index (κ1) is 13.3. The molecule has 100 valence electrons. The lowest BCUT2D eigenvalue weighted by Gasteiger charge is -2.38. The van der Waals surface area contributed by atoms with Crippen molar-refractivity contribution in [1.82, 2.24) is 10.2 Å². The van der Waals surface area contributed by atoms with Crippen LogP contribution in [0.4, 0.5) is 0 Å². The average Bonchev–Trinajstić information content (AvgIpc) is 2.79. The van der Waals surface area contributed by atoms with Crippen molar-refractivity contribution < 1.29 is 4.74 Å². The number of rotatable bonds is 5. The summed E-state index contributed by atoms with van der Waals surface area (Å²) in [6.45, 7) is 6.85. The molecule has 1 aliphatic heterocycles. The normalized spacial score (nSPS) is 32.1. The van der Waals surface area contributed by atoms with Crippen molar-refractivity contribution in [2.24, 2.45) is 5.92 Å². The molecule has 0 spiro atoms.